The Morgan fingerprint density at radius 3 is 2.12 bits per heavy atom. The van der Waals surface area contributed by atoms with Crippen LogP contribution in [-0.2, 0) is 0 Å². The van der Waals surface area contributed by atoms with Gasteiger partial charge in [0.1, 0.15) is 0 Å². The highest BCUT2D eigenvalue weighted by Gasteiger charge is 2.38. The molecule has 0 saturated heterocycles. The number of rotatable bonds is 7. The molecule has 1 fully saturated rings. The summed E-state index contributed by atoms with van der Waals surface area (Å²) < 4.78 is 0. The molecule has 2 heteroatoms. The summed E-state index contributed by atoms with van der Waals surface area (Å²) in [6.45, 7) is 8.10. The lowest BCUT2D eigenvalue weighted by Gasteiger charge is -2.48. The molecule has 0 heterocycles. The van der Waals surface area contributed by atoms with E-state index in [4.69, 9.17) is 0 Å². The third-order valence-electron chi connectivity index (χ3n) is 4.19. The molecule has 0 aromatic carbocycles. The van der Waals surface area contributed by atoms with E-state index in [9.17, 15) is 0 Å². The smallest absolute Gasteiger partial charge is 0.0328 e. The lowest BCUT2D eigenvalue weighted by atomic mass is 9.75. The Labute approximate surface area is 102 Å². The molecule has 0 aromatic heterocycles. The molecule has 0 aliphatic heterocycles. The van der Waals surface area contributed by atoms with Crippen LogP contribution in [0.3, 0.4) is 0 Å². The van der Waals surface area contributed by atoms with Crippen molar-refractivity contribution in [3.63, 3.8) is 0 Å². The average Bonchev–Trinajstić information content (AvgIpc) is 2.12. The van der Waals surface area contributed by atoms with Gasteiger partial charge in [-0.05, 0) is 59.0 Å². The molecular formula is C14H30N2. The minimum Gasteiger partial charge on any atom is -0.312 e. The van der Waals surface area contributed by atoms with Gasteiger partial charge in [0.25, 0.3) is 0 Å². The number of likely N-dealkylation sites (N-methyl/N-ethyl adjacent to an activating group) is 1. The molecule has 1 saturated carbocycles. The third-order valence-corrected chi connectivity index (χ3v) is 4.19. The van der Waals surface area contributed by atoms with Crippen LogP contribution in [0.15, 0.2) is 0 Å². The second-order valence-corrected chi connectivity index (χ2v) is 6.23. The fraction of sp³-hybridized carbons (Fsp3) is 1.00. The Hall–Kier alpha value is -0.0800. The van der Waals surface area contributed by atoms with E-state index in [1.54, 1.807) is 0 Å². The van der Waals surface area contributed by atoms with Crippen molar-refractivity contribution >= 4 is 0 Å². The number of nitrogens with one attached hydrogen (secondary N) is 1. The maximum absolute atomic E-state index is 3.72. The van der Waals surface area contributed by atoms with Crippen molar-refractivity contribution in [2.45, 2.75) is 64.5 Å². The zero-order chi connectivity index (χ0) is 12.2. The van der Waals surface area contributed by atoms with Crippen LogP contribution < -0.4 is 5.32 Å². The van der Waals surface area contributed by atoms with Crippen molar-refractivity contribution in [3.8, 4) is 0 Å². The van der Waals surface area contributed by atoms with E-state index < -0.39 is 0 Å². The summed E-state index contributed by atoms with van der Waals surface area (Å²) in [6.07, 6.45) is 6.78. The third kappa shape index (κ3) is 3.74. The van der Waals surface area contributed by atoms with Crippen molar-refractivity contribution in [2.24, 2.45) is 5.92 Å². The van der Waals surface area contributed by atoms with Gasteiger partial charge >= 0.3 is 0 Å². The standard InChI is InChI=1S/C14H30N2/c1-12(2)7-8-13(3)15-11-14(16(4)5)9-6-10-14/h12-13,15H,6-11H2,1-5H3. The lowest BCUT2D eigenvalue weighted by Crippen LogP contribution is -2.57. The first-order valence-electron chi connectivity index (χ1n) is 6.87. The predicted molar refractivity (Wildman–Crippen MR) is 71.8 cm³/mol. The highest BCUT2D eigenvalue weighted by atomic mass is 15.2. The van der Waals surface area contributed by atoms with Gasteiger partial charge in [-0.15, -0.1) is 0 Å². The molecule has 2 nitrogen and oxygen atoms in total. The summed E-state index contributed by atoms with van der Waals surface area (Å²) in [4.78, 5) is 2.42. The van der Waals surface area contributed by atoms with Gasteiger partial charge in [-0.2, -0.15) is 0 Å². The average molecular weight is 226 g/mol. The molecule has 0 radical (unpaired) electrons. The predicted octanol–water partition coefficient (Wildman–Crippen LogP) is 2.89. The van der Waals surface area contributed by atoms with Crippen LogP contribution in [0.2, 0.25) is 0 Å². The molecule has 1 aliphatic rings. The van der Waals surface area contributed by atoms with Crippen LogP contribution >= 0.6 is 0 Å². The van der Waals surface area contributed by atoms with Crippen LogP contribution in [0.4, 0.5) is 0 Å². The van der Waals surface area contributed by atoms with Gasteiger partial charge in [0, 0.05) is 18.1 Å². The van der Waals surface area contributed by atoms with Crippen molar-refractivity contribution in [3.05, 3.63) is 0 Å². The second kappa shape index (κ2) is 6.02. The van der Waals surface area contributed by atoms with Crippen LogP contribution in [-0.4, -0.2) is 37.1 Å². The molecular weight excluding hydrogens is 196 g/mol. The Morgan fingerprint density at radius 1 is 1.12 bits per heavy atom. The first-order chi connectivity index (χ1) is 7.46. The zero-order valence-corrected chi connectivity index (χ0v) is 11.8. The molecule has 0 spiro atoms. The van der Waals surface area contributed by atoms with E-state index in [-0.39, 0.29) is 0 Å². The van der Waals surface area contributed by atoms with E-state index >= 15 is 0 Å². The van der Waals surface area contributed by atoms with Gasteiger partial charge < -0.3 is 10.2 Å². The quantitative estimate of drug-likeness (QED) is 0.718. The van der Waals surface area contributed by atoms with Gasteiger partial charge in [-0.25, -0.2) is 0 Å². The molecule has 0 bridgehead atoms. The molecule has 0 amide bonds. The topological polar surface area (TPSA) is 15.3 Å². The first-order valence-corrected chi connectivity index (χ1v) is 6.87. The van der Waals surface area contributed by atoms with E-state index in [0.29, 0.717) is 11.6 Å². The maximum Gasteiger partial charge on any atom is 0.0328 e. The van der Waals surface area contributed by atoms with E-state index in [2.05, 4.69) is 45.1 Å². The normalized spacial score (nSPS) is 21.2. The number of hydrogen-bond acceptors (Lipinski definition) is 2. The van der Waals surface area contributed by atoms with Gasteiger partial charge in [-0.3, -0.25) is 0 Å². The summed E-state index contributed by atoms with van der Waals surface area (Å²) in [5.74, 6) is 0.829. The molecule has 1 unspecified atom stereocenters. The fourth-order valence-corrected chi connectivity index (χ4v) is 2.42. The summed E-state index contributed by atoms with van der Waals surface area (Å²) in [7, 11) is 4.44. The van der Waals surface area contributed by atoms with Gasteiger partial charge in [-0.1, -0.05) is 13.8 Å². The number of hydrogen-bond donors (Lipinski definition) is 1. The van der Waals surface area contributed by atoms with E-state index in [0.717, 1.165) is 5.92 Å². The highest BCUT2D eigenvalue weighted by molar-refractivity contribution is 4.97. The monoisotopic (exact) mass is 226 g/mol. The maximum atomic E-state index is 3.72. The van der Waals surface area contributed by atoms with E-state index in [1.807, 2.05) is 0 Å². The number of nitrogens with zero attached hydrogens (tertiary/aromatic N) is 1. The molecule has 1 rings (SSSR count). The minimum absolute atomic E-state index is 0.464. The fourth-order valence-electron chi connectivity index (χ4n) is 2.42. The van der Waals surface area contributed by atoms with Crippen molar-refractivity contribution in [1.29, 1.82) is 0 Å². The van der Waals surface area contributed by atoms with Gasteiger partial charge in [0.15, 0.2) is 0 Å². The van der Waals surface area contributed by atoms with E-state index in [1.165, 1.54) is 38.6 Å². The van der Waals surface area contributed by atoms with Crippen LogP contribution in [0, 0.1) is 5.92 Å². The van der Waals surface area contributed by atoms with Crippen molar-refractivity contribution in [2.75, 3.05) is 20.6 Å². The molecule has 96 valence electrons. The molecule has 16 heavy (non-hydrogen) atoms. The lowest BCUT2D eigenvalue weighted by molar-refractivity contribution is 0.0572. The zero-order valence-electron chi connectivity index (χ0n) is 11.8. The van der Waals surface area contributed by atoms with Crippen LogP contribution in [0.5, 0.6) is 0 Å². The van der Waals surface area contributed by atoms with Gasteiger partial charge in [0.2, 0.25) is 0 Å². The molecule has 1 N–H and O–H groups in total. The molecule has 1 aliphatic carbocycles. The summed E-state index contributed by atoms with van der Waals surface area (Å²) in [5.41, 5.74) is 0.464. The second-order valence-electron chi connectivity index (χ2n) is 6.23. The SMILES string of the molecule is CC(C)CCC(C)NCC1(N(C)C)CCC1. The van der Waals surface area contributed by atoms with Crippen LogP contribution in [0.25, 0.3) is 0 Å². The first kappa shape index (κ1) is 14.0. The highest BCUT2D eigenvalue weighted by Crippen LogP contribution is 2.35. The summed E-state index contributed by atoms with van der Waals surface area (Å²) in [6, 6.07) is 0.667. The van der Waals surface area contributed by atoms with Crippen molar-refractivity contribution < 1.29 is 0 Å². The Kier molecular flexibility index (Phi) is 5.26. The van der Waals surface area contributed by atoms with Crippen molar-refractivity contribution in [1.82, 2.24) is 10.2 Å². The summed E-state index contributed by atoms with van der Waals surface area (Å²) >= 11 is 0. The Balaban J connectivity index is 2.22. The molecule has 0 aromatic rings. The largest absolute Gasteiger partial charge is 0.312 e. The Morgan fingerprint density at radius 2 is 1.75 bits per heavy atom. The van der Waals surface area contributed by atoms with Gasteiger partial charge in [0.05, 0.1) is 0 Å². The van der Waals surface area contributed by atoms with Crippen LogP contribution in [0.1, 0.15) is 52.9 Å². The Bertz CT molecular complexity index is 195. The molecule has 1 atom stereocenters. The minimum atomic E-state index is 0.464. The summed E-state index contributed by atoms with van der Waals surface area (Å²) in [5, 5.41) is 3.72.